The Morgan fingerprint density at radius 2 is 1.51 bits per heavy atom. The van der Waals surface area contributed by atoms with E-state index in [-0.39, 0.29) is 18.1 Å². The lowest BCUT2D eigenvalue weighted by Gasteiger charge is -2.28. The normalized spacial score (nSPS) is 30.9. The number of hydrogen-bond acceptors (Lipinski definition) is 12. The minimum absolute atomic E-state index is 0.0582. The molecule has 238 valence electrons. The smallest absolute Gasteiger partial charge is 0.151 e. The van der Waals surface area contributed by atoms with Crippen molar-refractivity contribution in [2.24, 2.45) is 16.1 Å². The Hall–Kier alpha value is -4.15. The monoisotopic (exact) mass is 637 g/mol. The maximum absolute atomic E-state index is 10.3. The Kier molecular flexibility index (Phi) is 9.09. The molecule has 2 aliphatic heterocycles. The molecule has 0 aliphatic carbocycles. The highest BCUT2D eigenvalue weighted by molar-refractivity contribution is 7.98. The van der Waals surface area contributed by atoms with E-state index >= 15 is 0 Å². The number of nitrogens with zero attached hydrogens (tertiary/aromatic N) is 12. The molecule has 0 saturated carbocycles. The maximum Gasteiger partial charge on any atom is 0.151 e. The lowest BCUT2D eigenvalue weighted by Crippen LogP contribution is -2.41. The molecule has 0 bridgehead atoms. The third kappa shape index (κ3) is 5.29. The molecule has 0 amide bonds. The first-order chi connectivity index (χ1) is 21.6. The number of ether oxygens (including phenoxy) is 2. The fourth-order valence-corrected chi connectivity index (χ4v) is 6.72. The first-order valence-electron chi connectivity index (χ1n) is 14.3. The highest BCUT2D eigenvalue weighted by atomic mass is 32.2. The fourth-order valence-electron chi connectivity index (χ4n) is 6.20. The Morgan fingerprint density at radius 3 is 2.11 bits per heavy atom. The van der Waals surface area contributed by atoms with Crippen LogP contribution in [0, 0.1) is 5.92 Å². The minimum atomic E-state index is -1.28. The van der Waals surface area contributed by atoms with Crippen LogP contribution in [0.1, 0.15) is 57.7 Å². The molecule has 17 nitrogen and oxygen atoms in total. The number of aliphatic hydroxyl groups is 2. The van der Waals surface area contributed by atoms with E-state index in [1.807, 2.05) is 29.8 Å². The van der Waals surface area contributed by atoms with Gasteiger partial charge in [-0.05, 0) is 60.8 Å². The minimum Gasteiger partial charge on any atom is -0.394 e. The van der Waals surface area contributed by atoms with Gasteiger partial charge in [0.25, 0.3) is 0 Å². The van der Waals surface area contributed by atoms with Gasteiger partial charge in [0.05, 0.1) is 41.3 Å². The van der Waals surface area contributed by atoms with E-state index in [4.69, 9.17) is 26.3 Å². The molecule has 2 fully saturated rings. The van der Waals surface area contributed by atoms with Crippen LogP contribution < -0.4 is 5.73 Å². The molecule has 0 spiro atoms. The standard InChI is InChI=1S/C15H20N6OS.C12H15N7O3/c1-5-12-9(2)15(3,19-20-16)13(22-12)10-6-7-11-14(23-4)17-8-18-21(10)11;1-12(17-18-14)9(21)8(4-20)22-10(12)6-2-3-7-11(13)15-5-16-19(6)7/h6-9,12-13H,5H2,1-4H3;2-3,5,8-10,20-21H,4H2,1H3,(H2,13,15,16)/t9-,12-,13+,15-;8-,9-,10+,12-/m11/s1. The second kappa shape index (κ2) is 12.7. The van der Waals surface area contributed by atoms with Crippen molar-refractivity contribution in [3.8, 4) is 0 Å². The highest BCUT2D eigenvalue weighted by Gasteiger charge is 2.54. The number of aromatic nitrogens is 6. The van der Waals surface area contributed by atoms with Gasteiger partial charge in [0.15, 0.2) is 5.82 Å². The van der Waals surface area contributed by atoms with Crippen LogP contribution in [0.2, 0.25) is 0 Å². The number of aliphatic hydroxyl groups excluding tert-OH is 2. The first kappa shape index (κ1) is 32.2. The van der Waals surface area contributed by atoms with Gasteiger partial charge in [-0.3, -0.25) is 0 Å². The summed E-state index contributed by atoms with van der Waals surface area (Å²) in [5, 5.41) is 36.9. The van der Waals surface area contributed by atoms with Gasteiger partial charge in [-0.2, -0.15) is 10.2 Å². The SMILES string of the molecule is CC[C@H]1O[C@@H](c2ccc3c(SC)ncnn23)[C@](C)(N=[N+]=[N-])[C@@H]1C.C[C@@]1(N=[N+]=[N-])[C@H](O)[C@@H](CO)O[C@H]1c1ccc2c(N)ncnn12. The Morgan fingerprint density at radius 1 is 0.956 bits per heavy atom. The molecule has 6 heterocycles. The van der Waals surface area contributed by atoms with Crippen LogP contribution in [0.15, 0.2) is 52.2 Å². The Labute approximate surface area is 262 Å². The lowest BCUT2D eigenvalue weighted by atomic mass is 9.81. The molecular weight excluding hydrogens is 602 g/mol. The van der Waals surface area contributed by atoms with Crippen molar-refractivity contribution in [1.29, 1.82) is 0 Å². The number of nitrogens with two attached hydrogens (primary N) is 1. The predicted octanol–water partition coefficient (Wildman–Crippen LogP) is 4.18. The summed E-state index contributed by atoms with van der Waals surface area (Å²) < 4.78 is 15.3. The average molecular weight is 638 g/mol. The van der Waals surface area contributed by atoms with E-state index in [2.05, 4.69) is 54.1 Å². The second-order valence-electron chi connectivity index (χ2n) is 11.3. The number of thioether (sulfide) groups is 1. The van der Waals surface area contributed by atoms with Crippen molar-refractivity contribution in [3.05, 3.63) is 69.2 Å². The fraction of sp³-hybridized carbons (Fsp3) is 0.556. The number of nitrogen functional groups attached to an aromatic ring is 1. The van der Waals surface area contributed by atoms with Crippen LogP contribution >= 0.6 is 11.8 Å². The van der Waals surface area contributed by atoms with Gasteiger partial charge in [0.1, 0.15) is 47.0 Å². The zero-order chi connectivity index (χ0) is 32.5. The number of anilines is 1. The third-order valence-electron chi connectivity index (χ3n) is 8.90. The van der Waals surface area contributed by atoms with Crippen molar-refractivity contribution >= 4 is 28.6 Å². The van der Waals surface area contributed by atoms with E-state index in [1.54, 1.807) is 37.1 Å². The largest absolute Gasteiger partial charge is 0.394 e. The van der Waals surface area contributed by atoms with Gasteiger partial charge in [0.2, 0.25) is 0 Å². The van der Waals surface area contributed by atoms with Crippen molar-refractivity contribution in [2.75, 3.05) is 18.6 Å². The zero-order valence-corrected chi connectivity index (χ0v) is 26.2. The summed E-state index contributed by atoms with van der Waals surface area (Å²) in [7, 11) is 0. The number of azide groups is 2. The molecule has 6 rings (SSSR count). The maximum atomic E-state index is 10.3. The van der Waals surface area contributed by atoms with E-state index in [0.717, 1.165) is 22.7 Å². The van der Waals surface area contributed by atoms with Gasteiger partial charge in [0, 0.05) is 9.82 Å². The molecule has 4 N–H and O–H groups in total. The van der Waals surface area contributed by atoms with Gasteiger partial charge in [-0.1, -0.05) is 31.0 Å². The molecule has 2 aliphatic rings. The summed E-state index contributed by atoms with van der Waals surface area (Å²) in [5.74, 6) is 0.421. The summed E-state index contributed by atoms with van der Waals surface area (Å²) >= 11 is 1.58. The molecule has 0 unspecified atom stereocenters. The average Bonchev–Trinajstić information content (AvgIpc) is 3.77. The molecule has 8 atom stereocenters. The number of fused-ring (bicyclic) bond motifs is 2. The van der Waals surface area contributed by atoms with Crippen molar-refractivity contribution in [1.82, 2.24) is 29.2 Å². The molecule has 0 aromatic carbocycles. The molecule has 4 aromatic rings. The molecule has 0 radical (unpaired) electrons. The Bertz CT molecular complexity index is 1790. The van der Waals surface area contributed by atoms with E-state index < -0.39 is 36.0 Å². The summed E-state index contributed by atoms with van der Waals surface area (Å²) in [6.07, 6.45) is 2.64. The summed E-state index contributed by atoms with van der Waals surface area (Å²) in [6.45, 7) is 7.31. The molecule has 2 saturated heterocycles. The number of hydrogen-bond donors (Lipinski definition) is 3. The molecule has 18 heteroatoms. The van der Waals surface area contributed by atoms with Gasteiger partial charge >= 0.3 is 0 Å². The molecule has 45 heavy (non-hydrogen) atoms. The van der Waals surface area contributed by atoms with Gasteiger partial charge in [-0.25, -0.2) is 19.0 Å². The second-order valence-corrected chi connectivity index (χ2v) is 12.1. The van der Waals surface area contributed by atoms with E-state index in [1.165, 1.54) is 10.8 Å². The first-order valence-corrected chi connectivity index (χ1v) is 15.5. The van der Waals surface area contributed by atoms with Crippen LogP contribution in [0.4, 0.5) is 5.82 Å². The molecular formula is C27H35N13O4S. The van der Waals surface area contributed by atoms with Gasteiger partial charge in [-0.15, -0.1) is 11.8 Å². The van der Waals surface area contributed by atoms with Crippen molar-refractivity contribution in [2.45, 2.75) is 80.7 Å². The van der Waals surface area contributed by atoms with Gasteiger partial charge < -0.3 is 25.4 Å². The third-order valence-corrected chi connectivity index (χ3v) is 9.61. The zero-order valence-electron chi connectivity index (χ0n) is 25.4. The predicted molar refractivity (Wildman–Crippen MR) is 165 cm³/mol. The van der Waals surface area contributed by atoms with E-state index in [0.29, 0.717) is 17.0 Å². The van der Waals surface area contributed by atoms with Crippen LogP contribution in [-0.4, -0.2) is 81.7 Å². The highest BCUT2D eigenvalue weighted by Crippen LogP contribution is 2.49. The summed E-state index contributed by atoms with van der Waals surface area (Å²) in [6, 6.07) is 7.40. The summed E-state index contributed by atoms with van der Waals surface area (Å²) in [5.41, 5.74) is 24.7. The van der Waals surface area contributed by atoms with E-state index in [9.17, 15) is 10.2 Å². The lowest BCUT2D eigenvalue weighted by molar-refractivity contribution is -0.0240. The van der Waals surface area contributed by atoms with Crippen LogP contribution in [0.25, 0.3) is 31.9 Å². The topological polar surface area (TPSA) is 243 Å². The van der Waals surface area contributed by atoms with Crippen LogP contribution in [0.5, 0.6) is 0 Å². The Balaban J connectivity index is 0.000000178. The quantitative estimate of drug-likeness (QED) is 0.113. The molecule has 4 aromatic heterocycles. The van der Waals surface area contributed by atoms with Crippen molar-refractivity contribution in [3.63, 3.8) is 0 Å². The number of rotatable bonds is 7. The van der Waals surface area contributed by atoms with Crippen LogP contribution in [-0.2, 0) is 9.47 Å². The van der Waals surface area contributed by atoms with Crippen molar-refractivity contribution < 1.29 is 19.7 Å². The summed E-state index contributed by atoms with van der Waals surface area (Å²) in [4.78, 5) is 14.1. The van der Waals surface area contributed by atoms with Crippen LogP contribution in [0.3, 0.4) is 0 Å².